The second-order valence-electron chi connectivity index (χ2n) is 3.78. The minimum atomic E-state index is -0.277. The fourth-order valence-electron chi connectivity index (χ4n) is 1.82. The van der Waals surface area contributed by atoms with Crippen LogP contribution in [0.5, 0.6) is 0 Å². The molecule has 0 bridgehead atoms. The van der Waals surface area contributed by atoms with Crippen LogP contribution in [0.4, 0.5) is 5.69 Å². The summed E-state index contributed by atoms with van der Waals surface area (Å²) in [5.74, 6) is 0. The molecule has 2 rings (SSSR count). The predicted octanol–water partition coefficient (Wildman–Crippen LogP) is 2.93. The Morgan fingerprint density at radius 2 is 2.31 bits per heavy atom. The van der Waals surface area contributed by atoms with Crippen LogP contribution in [-0.2, 0) is 4.74 Å². The first kappa shape index (κ1) is 11.4. The number of nitrogens with zero attached hydrogens (tertiary/aromatic N) is 1. The van der Waals surface area contributed by atoms with E-state index in [2.05, 4.69) is 27.3 Å². The van der Waals surface area contributed by atoms with Gasteiger partial charge in [0.05, 0.1) is 12.2 Å². The molecule has 1 heterocycles. The molecule has 84 valence electrons. The number of para-hydroxylation sites is 1. The summed E-state index contributed by atoms with van der Waals surface area (Å²) in [6, 6.07) is 9.77. The van der Waals surface area contributed by atoms with Crippen molar-refractivity contribution in [3.63, 3.8) is 0 Å². The van der Waals surface area contributed by atoms with Gasteiger partial charge in [-0.15, -0.1) is 0 Å². The third-order valence-electron chi connectivity index (χ3n) is 2.66. The van der Waals surface area contributed by atoms with Gasteiger partial charge in [0.1, 0.15) is 6.04 Å². The van der Waals surface area contributed by atoms with Crippen LogP contribution in [-0.4, -0.2) is 18.8 Å². The molecular formula is C12H13BrN2O. The molecule has 1 aliphatic heterocycles. The highest BCUT2D eigenvalue weighted by Crippen LogP contribution is 2.24. The van der Waals surface area contributed by atoms with Gasteiger partial charge in [-0.25, -0.2) is 0 Å². The lowest BCUT2D eigenvalue weighted by molar-refractivity contribution is 0.107. The first-order chi connectivity index (χ1) is 7.81. The maximum Gasteiger partial charge on any atom is 0.141 e. The third kappa shape index (κ3) is 2.55. The number of hydrogen-bond donors (Lipinski definition) is 1. The maximum atomic E-state index is 9.13. The van der Waals surface area contributed by atoms with Crippen molar-refractivity contribution in [2.24, 2.45) is 0 Å². The fraction of sp³-hybridized carbons (Fsp3) is 0.417. The van der Waals surface area contributed by atoms with Gasteiger partial charge >= 0.3 is 0 Å². The fourth-order valence-corrected chi connectivity index (χ4v) is 2.22. The number of nitrogens with one attached hydrogen (secondary N) is 1. The Bertz CT molecular complexity index is 396. The molecule has 3 nitrogen and oxygen atoms in total. The summed E-state index contributed by atoms with van der Waals surface area (Å²) < 4.78 is 6.48. The number of hydrogen-bond acceptors (Lipinski definition) is 3. The zero-order valence-electron chi connectivity index (χ0n) is 8.82. The highest BCUT2D eigenvalue weighted by molar-refractivity contribution is 9.10. The Morgan fingerprint density at radius 1 is 1.50 bits per heavy atom. The second kappa shape index (κ2) is 5.33. The van der Waals surface area contributed by atoms with Gasteiger partial charge in [-0.2, -0.15) is 5.26 Å². The van der Waals surface area contributed by atoms with Crippen LogP contribution in [0.1, 0.15) is 12.8 Å². The minimum absolute atomic E-state index is 0.0112. The number of ether oxygens (including phenoxy) is 1. The Labute approximate surface area is 104 Å². The van der Waals surface area contributed by atoms with E-state index in [0.717, 1.165) is 29.6 Å². The van der Waals surface area contributed by atoms with Crippen molar-refractivity contribution < 1.29 is 4.74 Å². The van der Waals surface area contributed by atoms with E-state index in [1.54, 1.807) is 0 Å². The largest absolute Gasteiger partial charge is 0.375 e. The number of benzene rings is 1. The molecule has 0 amide bonds. The average Bonchev–Trinajstić information content (AvgIpc) is 2.81. The molecule has 1 N–H and O–H groups in total. The van der Waals surface area contributed by atoms with Crippen molar-refractivity contribution in [2.45, 2.75) is 25.0 Å². The standard InChI is InChI=1S/C12H13BrN2O/c13-9-4-1-2-5-10(9)15-11(8-14)12-6-3-7-16-12/h1-2,4-5,11-12,15H,3,6-7H2. The molecule has 0 spiro atoms. The Balaban J connectivity index is 2.07. The van der Waals surface area contributed by atoms with Crippen molar-refractivity contribution in [1.29, 1.82) is 5.26 Å². The van der Waals surface area contributed by atoms with Crippen molar-refractivity contribution in [3.8, 4) is 6.07 Å². The van der Waals surface area contributed by atoms with E-state index < -0.39 is 0 Å². The first-order valence-electron chi connectivity index (χ1n) is 5.33. The molecule has 0 aromatic heterocycles. The molecule has 0 saturated carbocycles. The minimum Gasteiger partial charge on any atom is -0.375 e. The zero-order valence-corrected chi connectivity index (χ0v) is 10.4. The molecule has 4 heteroatoms. The third-order valence-corrected chi connectivity index (χ3v) is 3.35. The zero-order chi connectivity index (χ0) is 11.4. The van der Waals surface area contributed by atoms with Gasteiger partial charge < -0.3 is 10.1 Å². The quantitative estimate of drug-likeness (QED) is 0.926. The van der Waals surface area contributed by atoms with Crippen molar-refractivity contribution in [2.75, 3.05) is 11.9 Å². The highest BCUT2D eigenvalue weighted by Gasteiger charge is 2.25. The highest BCUT2D eigenvalue weighted by atomic mass is 79.9. The van der Waals surface area contributed by atoms with Gasteiger partial charge in [0.2, 0.25) is 0 Å². The molecule has 1 aromatic rings. The van der Waals surface area contributed by atoms with E-state index in [1.165, 1.54) is 0 Å². The van der Waals surface area contributed by atoms with Crippen molar-refractivity contribution in [3.05, 3.63) is 28.7 Å². The second-order valence-corrected chi connectivity index (χ2v) is 4.64. The van der Waals surface area contributed by atoms with Gasteiger partial charge in [0, 0.05) is 16.8 Å². The SMILES string of the molecule is N#CC(Nc1ccccc1Br)C1CCCO1. The van der Waals surface area contributed by atoms with Crippen LogP contribution in [0.3, 0.4) is 0 Å². The van der Waals surface area contributed by atoms with Crippen LogP contribution in [0.2, 0.25) is 0 Å². The molecule has 2 atom stereocenters. The molecule has 1 aromatic carbocycles. The lowest BCUT2D eigenvalue weighted by atomic mass is 10.1. The summed E-state index contributed by atoms with van der Waals surface area (Å²) >= 11 is 3.45. The summed E-state index contributed by atoms with van der Waals surface area (Å²) in [5, 5.41) is 12.3. The number of halogens is 1. The van der Waals surface area contributed by atoms with E-state index in [0.29, 0.717) is 0 Å². The van der Waals surface area contributed by atoms with E-state index in [4.69, 9.17) is 10.00 Å². The first-order valence-corrected chi connectivity index (χ1v) is 6.13. The molecule has 1 fully saturated rings. The molecular weight excluding hydrogens is 268 g/mol. The average molecular weight is 281 g/mol. The topological polar surface area (TPSA) is 45.0 Å². The normalized spacial score (nSPS) is 21.4. The predicted molar refractivity (Wildman–Crippen MR) is 66.1 cm³/mol. The monoisotopic (exact) mass is 280 g/mol. The summed E-state index contributed by atoms with van der Waals surface area (Å²) in [6.45, 7) is 0.764. The lowest BCUT2D eigenvalue weighted by Crippen LogP contribution is -2.31. The van der Waals surface area contributed by atoms with Crippen molar-refractivity contribution >= 4 is 21.6 Å². The van der Waals surface area contributed by atoms with E-state index in [1.807, 2.05) is 24.3 Å². The Hall–Kier alpha value is -1.05. The number of rotatable bonds is 3. The van der Waals surface area contributed by atoms with Crippen molar-refractivity contribution in [1.82, 2.24) is 0 Å². The molecule has 0 aliphatic carbocycles. The van der Waals surface area contributed by atoms with Gasteiger partial charge in [-0.05, 0) is 40.9 Å². The number of anilines is 1. The van der Waals surface area contributed by atoms with Gasteiger partial charge in [-0.3, -0.25) is 0 Å². The van der Waals surface area contributed by atoms with Crippen LogP contribution in [0.25, 0.3) is 0 Å². The summed E-state index contributed by atoms with van der Waals surface area (Å²) in [5.41, 5.74) is 0.935. The summed E-state index contributed by atoms with van der Waals surface area (Å²) in [7, 11) is 0. The smallest absolute Gasteiger partial charge is 0.141 e. The van der Waals surface area contributed by atoms with Crippen LogP contribution >= 0.6 is 15.9 Å². The van der Waals surface area contributed by atoms with Crippen LogP contribution < -0.4 is 5.32 Å². The Kier molecular flexibility index (Phi) is 3.81. The molecule has 16 heavy (non-hydrogen) atoms. The van der Waals surface area contributed by atoms with E-state index in [9.17, 15) is 0 Å². The van der Waals surface area contributed by atoms with Crippen LogP contribution in [0, 0.1) is 11.3 Å². The number of nitriles is 1. The lowest BCUT2D eigenvalue weighted by Gasteiger charge is -2.19. The molecule has 1 aliphatic rings. The van der Waals surface area contributed by atoms with Gasteiger partial charge in [0.25, 0.3) is 0 Å². The van der Waals surface area contributed by atoms with E-state index >= 15 is 0 Å². The summed E-state index contributed by atoms with van der Waals surface area (Å²) in [4.78, 5) is 0. The van der Waals surface area contributed by atoms with Gasteiger partial charge in [-0.1, -0.05) is 12.1 Å². The Morgan fingerprint density at radius 3 is 2.94 bits per heavy atom. The van der Waals surface area contributed by atoms with Crippen LogP contribution in [0.15, 0.2) is 28.7 Å². The molecule has 1 saturated heterocycles. The molecule has 2 unspecified atom stereocenters. The maximum absolute atomic E-state index is 9.13. The molecule has 0 radical (unpaired) electrons. The van der Waals surface area contributed by atoms with Gasteiger partial charge in [0.15, 0.2) is 0 Å². The van der Waals surface area contributed by atoms with E-state index in [-0.39, 0.29) is 12.1 Å². The summed E-state index contributed by atoms with van der Waals surface area (Å²) in [6.07, 6.45) is 2.01.